The van der Waals surface area contributed by atoms with Gasteiger partial charge in [0.05, 0.1) is 12.4 Å². The van der Waals surface area contributed by atoms with Crippen LogP contribution in [0.4, 0.5) is 4.39 Å². The highest BCUT2D eigenvalue weighted by molar-refractivity contribution is 7.89. The lowest BCUT2D eigenvalue weighted by Crippen LogP contribution is -2.29. The number of ether oxygens (including phenoxy) is 1. The first-order valence-corrected chi connectivity index (χ1v) is 8.78. The van der Waals surface area contributed by atoms with E-state index in [1.165, 1.54) is 19.2 Å². The maximum atomic E-state index is 13.0. The number of halogens is 2. The molecule has 0 aliphatic heterocycles. The largest absolute Gasteiger partial charge is 0.466 e. The summed E-state index contributed by atoms with van der Waals surface area (Å²) in [6, 6.07) is 3.81. The summed E-state index contributed by atoms with van der Waals surface area (Å²) in [7, 11) is -2.11. The molecule has 124 valence electrons. The molecule has 0 aliphatic rings. The Labute approximate surface area is 135 Å². The summed E-state index contributed by atoms with van der Waals surface area (Å²) in [5, 5.41) is 0.175. The van der Waals surface area contributed by atoms with E-state index in [1.807, 2.05) is 0 Å². The van der Waals surface area contributed by atoms with Crippen molar-refractivity contribution in [3.05, 3.63) is 34.6 Å². The highest BCUT2D eigenvalue weighted by atomic mass is 35.5. The fourth-order valence-electron chi connectivity index (χ4n) is 1.78. The van der Waals surface area contributed by atoms with Crippen molar-refractivity contribution in [1.82, 2.24) is 4.31 Å². The summed E-state index contributed by atoms with van der Waals surface area (Å²) in [4.78, 5) is 11.2. The van der Waals surface area contributed by atoms with Gasteiger partial charge in [0, 0.05) is 25.0 Å². The lowest BCUT2D eigenvalue weighted by molar-refractivity contribution is -0.143. The molecule has 0 radical (unpaired) electrons. The first-order chi connectivity index (χ1) is 10.3. The van der Waals surface area contributed by atoms with Crippen LogP contribution in [0.5, 0.6) is 0 Å². The van der Waals surface area contributed by atoms with Gasteiger partial charge in [0.15, 0.2) is 0 Å². The molecule has 0 heterocycles. The number of carbonyl (C=O) groups is 1. The average Bonchev–Trinajstić information content (AvgIpc) is 2.41. The van der Waals surface area contributed by atoms with Gasteiger partial charge in [-0.05, 0) is 31.0 Å². The summed E-state index contributed by atoms with van der Waals surface area (Å²) in [5.74, 6) is -1.06. The van der Waals surface area contributed by atoms with Crippen LogP contribution in [0.2, 0.25) is 5.02 Å². The second kappa shape index (κ2) is 8.45. The van der Waals surface area contributed by atoms with Crippen molar-refractivity contribution >= 4 is 27.6 Å². The highest BCUT2D eigenvalue weighted by Gasteiger charge is 2.19. The molecule has 8 heteroatoms. The quantitative estimate of drug-likeness (QED) is 0.675. The number of hydrogen-bond acceptors (Lipinski definition) is 4. The lowest BCUT2D eigenvalue weighted by atomic mass is 10.2. The molecule has 0 aromatic heterocycles. The smallest absolute Gasteiger partial charge is 0.305 e. The van der Waals surface area contributed by atoms with E-state index in [-0.39, 0.29) is 36.8 Å². The molecule has 22 heavy (non-hydrogen) atoms. The molecule has 0 N–H and O–H groups in total. The number of rotatable bonds is 8. The molecule has 0 saturated carbocycles. The molecule has 1 rings (SSSR count). The van der Waals surface area contributed by atoms with E-state index in [0.717, 1.165) is 10.4 Å². The summed E-state index contributed by atoms with van der Waals surface area (Å²) < 4.78 is 43.1. The van der Waals surface area contributed by atoms with Crippen molar-refractivity contribution in [2.24, 2.45) is 0 Å². The van der Waals surface area contributed by atoms with Crippen LogP contribution in [0.15, 0.2) is 18.2 Å². The van der Waals surface area contributed by atoms with Crippen LogP contribution >= 0.6 is 11.6 Å². The highest BCUT2D eigenvalue weighted by Crippen LogP contribution is 2.20. The van der Waals surface area contributed by atoms with Gasteiger partial charge < -0.3 is 4.74 Å². The molecule has 5 nitrogen and oxygen atoms in total. The number of hydrogen-bond donors (Lipinski definition) is 0. The van der Waals surface area contributed by atoms with E-state index in [4.69, 9.17) is 16.3 Å². The Bertz CT molecular complexity index is 621. The lowest BCUT2D eigenvalue weighted by Gasteiger charge is -2.17. The molecule has 1 aromatic rings. The molecule has 0 atom stereocenters. The summed E-state index contributed by atoms with van der Waals surface area (Å²) in [5.41, 5.74) is 0.513. The number of sulfonamides is 1. The van der Waals surface area contributed by atoms with Crippen LogP contribution < -0.4 is 0 Å². The van der Waals surface area contributed by atoms with Gasteiger partial charge in [0.25, 0.3) is 0 Å². The van der Waals surface area contributed by atoms with Gasteiger partial charge in [-0.1, -0.05) is 17.7 Å². The van der Waals surface area contributed by atoms with Crippen LogP contribution in [-0.2, 0) is 26.1 Å². The van der Waals surface area contributed by atoms with E-state index < -0.39 is 21.8 Å². The molecule has 0 amide bonds. The molecule has 1 aromatic carbocycles. The zero-order valence-electron chi connectivity index (χ0n) is 12.5. The maximum Gasteiger partial charge on any atom is 0.305 e. The second-order valence-corrected chi connectivity index (χ2v) is 7.32. The van der Waals surface area contributed by atoms with Gasteiger partial charge in [-0.25, -0.2) is 17.1 Å². The molecule has 0 spiro atoms. The van der Waals surface area contributed by atoms with Crippen molar-refractivity contribution in [2.75, 3.05) is 19.4 Å². The predicted molar refractivity (Wildman–Crippen MR) is 82.5 cm³/mol. The Balaban J connectivity index is 2.59. The average molecular weight is 352 g/mol. The predicted octanol–water partition coefficient (Wildman–Crippen LogP) is 2.58. The van der Waals surface area contributed by atoms with E-state index in [1.54, 1.807) is 6.92 Å². The van der Waals surface area contributed by atoms with Crippen molar-refractivity contribution in [3.63, 3.8) is 0 Å². The SMILES string of the molecule is CCOC(=O)CCCS(=O)(=O)N(C)Cc1ccc(F)cc1Cl. The Morgan fingerprint density at radius 1 is 1.41 bits per heavy atom. The fourth-order valence-corrected chi connectivity index (χ4v) is 3.16. The summed E-state index contributed by atoms with van der Waals surface area (Å²) in [6.07, 6.45) is 0.237. The van der Waals surface area contributed by atoms with Gasteiger partial charge >= 0.3 is 5.97 Å². The van der Waals surface area contributed by atoms with Crippen LogP contribution in [0, 0.1) is 5.82 Å². The van der Waals surface area contributed by atoms with Gasteiger partial charge in [0.2, 0.25) is 10.0 Å². The van der Waals surface area contributed by atoms with Gasteiger partial charge in [-0.2, -0.15) is 0 Å². The standard InChI is InChI=1S/C14H19ClFNO4S/c1-3-21-14(18)5-4-8-22(19,20)17(2)10-11-6-7-12(16)9-13(11)15/h6-7,9H,3-5,8,10H2,1-2H3. The van der Waals surface area contributed by atoms with E-state index in [0.29, 0.717) is 5.56 Å². The molecule has 0 saturated heterocycles. The van der Waals surface area contributed by atoms with Gasteiger partial charge in [0.1, 0.15) is 5.82 Å². The zero-order valence-corrected chi connectivity index (χ0v) is 14.1. The molecule has 0 fully saturated rings. The van der Waals surface area contributed by atoms with Crippen molar-refractivity contribution in [2.45, 2.75) is 26.3 Å². The van der Waals surface area contributed by atoms with Gasteiger partial charge in [-0.3, -0.25) is 4.79 Å². The van der Waals surface area contributed by atoms with E-state index in [9.17, 15) is 17.6 Å². The van der Waals surface area contributed by atoms with Crippen LogP contribution in [0.3, 0.4) is 0 Å². The second-order valence-electron chi connectivity index (χ2n) is 4.72. The monoisotopic (exact) mass is 351 g/mol. The third kappa shape index (κ3) is 5.90. The minimum Gasteiger partial charge on any atom is -0.466 e. The summed E-state index contributed by atoms with van der Waals surface area (Å²) in [6.45, 7) is 2.00. The zero-order chi connectivity index (χ0) is 16.8. The molecule has 0 unspecified atom stereocenters. The third-order valence-electron chi connectivity index (χ3n) is 2.97. The number of benzene rings is 1. The van der Waals surface area contributed by atoms with Crippen molar-refractivity contribution in [1.29, 1.82) is 0 Å². The molecule has 0 aliphatic carbocycles. The molecular weight excluding hydrogens is 333 g/mol. The maximum absolute atomic E-state index is 13.0. The number of nitrogens with zero attached hydrogens (tertiary/aromatic N) is 1. The minimum absolute atomic E-state index is 0.0425. The first kappa shape index (κ1) is 18.9. The topological polar surface area (TPSA) is 63.7 Å². The first-order valence-electron chi connectivity index (χ1n) is 6.80. The van der Waals surface area contributed by atoms with Gasteiger partial charge in [-0.15, -0.1) is 0 Å². The third-order valence-corrected chi connectivity index (χ3v) is 5.21. The Morgan fingerprint density at radius 2 is 2.09 bits per heavy atom. The molecule has 0 bridgehead atoms. The Morgan fingerprint density at radius 3 is 2.68 bits per heavy atom. The van der Waals surface area contributed by atoms with Crippen LogP contribution in [0.1, 0.15) is 25.3 Å². The van der Waals surface area contributed by atoms with Crippen LogP contribution in [0.25, 0.3) is 0 Å². The Kier molecular flexibility index (Phi) is 7.25. The number of carbonyl (C=O) groups excluding carboxylic acids is 1. The number of esters is 1. The van der Waals surface area contributed by atoms with E-state index >= 15 is 0 Å². The van der Waals surface area contributed by atoms with Crippen molar-refractivity contribution < 1.29 is 22.3 Å². The normalized spacial score (nSPS) is 11.7. The summed E-state index contributed by atoms with van der Waals surface area (Å²) >= 11 is 5.88. The van der Waals surface area contributed by atoms with E-state index in [2.05, 4.69) is 0 Å². The molecular formula is C14H19ClFNO4S. The minimum atomic E-state index is -3.52. The Hall–Kier alpha value is -1.18. The van der Waals surface area contributed by atoms with Crippen LogP contribution in [-0.4, -0.2) is 38.1 Å². The fraction of sp³-hybridized carbons (Fsp3) is 0.500. The van der Waals surface area contributed by atoms with Crippen molar-refractivity contribution in [3.8, 4) is 0 Å².